The van der Waals surface area contributed by atoms with Gasteiger partial charge in [0.15, 0.2) is 6.10 Å². The fraction of sp³-hybridized carbons (Fsp3) is 0.833. The van der Waals surface area contributed by atoms with E-state index in [1.54, 1.807) is 0 Å². The maximum Gasteiger partial charge on any atom is 0.335 e. The van der Waals surface area contributed by atoms with Gasteiger partial charge in [0, 0.05) is 6.54 Å². The Hall–Kier alpha value is -0.730. The van der Waals surface area contributed by atoms with Crippen molar-refractivity contribution in [3.05, 3.63) is 0 Å². The van der Waals surface area contributed by atoms with E-state index >= 15 is 0 Å². The van der Waals surface area contributed by atoms with Gasteiger partial charge in [0.25, 0.3) is 0 Å². The number of nitrogens with two attached hydrogens (primary N) is 1. The van der Waals surface area contributed by atoms with Gasteiger partial charge >= 0.3 is 5.97 Å². The minimum Gasteiger partial charge on any atom is -0.479 e. The monoisotopic (exact) mass is 195 g/mol. The first-order valence-electron chi connectivity index (χ1n) is 3.57. The van der Waals surface area contributed by atoms with E-state index in [0.29, 0.717) is 0 Å². The molecule has 0 bridgehead atoms. The summed E-state index contributed by atoms with van der Waals surface area (Å²) in [5, 5.41) is 43.8. The van der Waals surface area contributed by atoms with Gasteiger partial charge in [-0.05, 0) is 0 Å². The lowest BCUT2D eigenvalue weighted by Crippen LogP contribution is -2.49. The van der Waals surface area contributed by atoms with Crippen LogP contribution in [0.2, 0.25) is 0 Å². The predicted molar refractivity (Wildman–Crippen MR) is 40.7 cm³/mol. The Morgan fingerprint density at radius 2 is 1.62 bits per heavy atom. The molecular formula is C6H13NO6. The highest BCUT2D eigenvalue weighted by Crippen LogP contribution is 2.04. The van der Waals surface area contributed by atoms with Gasteiger partial charge < -0.3 is 31.3 Å². The van der Waals surface area contributed by atoms with Crippen LogP contribution in [0.25, 0.3) is 0 Å². The lowest BCUT2D eigenvalue weighted by molar-refractivity contribution is -0.162. The maximum absolute atomic E-state index is 10.1. The summed E-state index contributed by atoms with van der Waals surface area (Å²) in [5.74, 6) is -1.68. The molecule has 7 heteroatoms. The van der Waals surface area contributed by atoms with Crippen LogP contribution in [0, 0.1) is 0 Å². The van der Waals surface area contributed by atoms with Gasteiger partial charge in [-0.25, -0.2) is 4.79 Å². The second kappa shape index (κ2) is 5.10. The summed E-state index contributed by atoms with van der Waals surface area (Å²) < 4.78 is 0. The number of carboxylic acids is 1. The SMILES string of the molecule is NC[C@H](O)[C@@H](O)[C@@H](O)[C@H](O)C(=O)O. The molecule has 0 saturated carbocycles. The number of hydrogen-bond donors (Lipinski definition) is 6. The molecule has 13 heavy (non-hydrogen) atoms. The lowest BCUT2D eigenvalue weighted by atomic mass is 10.0. The van der Waals surface area contributed by atoms with Crippen molar-refractivity contribution in [3.63, 3.8) is 0 Å². The molecule has 0 aromatic rings. The fourth-order valence-corrected chi connectivity index (χ4v) is 0.700. The summed E-state index contributed by atoms with van der Waals surface area (Å²) in [6.45, 7) is -0.343. The van der Waals surface area contributed by atoms with Crippen LogP contribution in [0.15, 0.2) is 0 Å². The zero-order valence-electron chi connectivity index (χ0n) is 6.74. The van der Waals surface area contributed by atoms with Crippen molar-refractivity contribution in [1.29, 1.82) is 0 Å². The van der Waals surface area contributed by atoms with Crippen molar-refractivity contribution in [2.24, 2.45) is 5.73 Å². The molecule has 7 N–H and O–H groups in total. The molecular weight excluding hydrogens is 182 g/mol. The number of aliphatic carboxylic acids is 1. The first kappa shape index (κ1) is 12.3. The third-order valence-corrected chi connectivity index (χ3v) is 1.56. The van der Waals surface area contributed by atoms with Crippen molar-refractivity contribution < 1.29 is 30.3 Å². The molecule has 0 unspecified atom stereocenters. The minimum absolute atomic E-state index is 0.343. The van der Waals surface area contributed by atoms with E-state index in [1.165, 1.54) is 0 Å². The van der Waals surface area contributed by atoms with Gasteiger partial charge in [0.1, 0.15) is 12.2 Å². The molecule has 0 amide bonds. The lowest BCUT2D eigenvalue weighted by Gasteiger charge is -2.23. The summed E-state index contributed by atoms with van der Waals surface area (Å²) in [6, 6.07) is 0. The Balaban J connectivity index is 4.24. The highest BCUT2D eigenvalue weighted by atomic mass is 16.4. The first-order valence-corrected chi connectivity index (χ1v) is 3.57. The fourth-order valence-electron chi connectivity index (χ4n) is 0.700. The zero-order chi connectivity index (χ0) is 10.6. The van der Waals surface area contributed by atoms with Crippen LogP contribution in [0.5, 0.6) is 0 Å². The topological polar surface area (TPSA) is 144 Å². The summed E-state index contributed by atoms with van der Waals surface area (Å²) in [6.07, 6.45) is -7.35. The number of rotatable bonds is 5. The highest BCUT2D eigenvalue weighted by molar-refractivity contribution is 5.72. The van der Waals surface area contributed by atoms with E-state index in [4.69, 9.17) is 31.3 Å². The molecule has 0 fully saturated rings. The second-order valence-corrected chi connectivity index (χ2v) is 2.57. The van der Waals surface area contributed by atoms with Crippen molar-refractivity contribution in [2.45, 2.75) is 24.4 Å². The van der Waals surface area contributed by atoms with Crippen LogP contribution in [0.3, 0.4) is 0 Å². The van der Waals surface area contributed by atoms with Crippen molar-refractivity contribution in [2.75, 3.05) is 6.54 Å². The van der Waals surface area contributed by atoms with E-state index in [0.717, 1.165) is 0 Å². The Morgan fingerprint density at radius 1 is 1.15 bits per heavy atom. The smallest absolute Gasteiger partial charge is 0.335 e. The molecule has 0 saturated heterocycles. The highest BCUT2D eigenvalue weighted by Gasteiger charge is 2.33. The first-order chi connectivity index (χ1) is 5.91. The van der Waals surface area contributed by atoms with Crippen LogP contribution in [0.4, 0.5) is 0 Å². The van der Waals surface area contributed by atoms with E-state index in [2.05, 4.69) is 0 Å². The Kier molecular flexibility index (Phi) is 4.81. The molecule has 0 spiro atoms. The van der Waals surface area contributed by atoms with Crippen LogP contribution >= 0.6 is 0 Å². The third-order valence-electron chi connectivity index (χ3n) is 1.56. The average molecular weight is 195 g/mol. The van der Waals surface area contributed by atoms with Gasteiger partial charge in [0.05, 0.1) is 6.10 Å². The molecule has 0 aliphatic rings. The Labute approximate surface area is 74.0 Å². The molecule has 0 aliphatic carbocycles. The maximum atomic E-state index is 10.1. The number of hydrogen-bond acceptors (Lipinski definition) is 6. The number of carboxylic acid groups (broad SMARTS) is 1. The second-order valence-electron chi connectivity index (χ2n) is 2.57. The molecule has 0 rings (SSSR count). The molecule has 0 aromatic heterocycles. The number of carbonyl (C=O) groups is 1. The molecule has 4 atom stereocenters. The Morgan fingerprint density at radius 3 is 1.92 bits per heavy atom. The van der Waals surface area contributed by atoms with Crippen molar-refractivity contribution >= 4 is 5.97 Å². The summed E-state index contributed by atoms with van der Waals surface area (Å²) >= 11 is 0. The third kappa shape index (κ3) is 3.25. The van der Waals surface area contributed by atoms with Gasteiger partial charge in [0.2, 0.25) is 0 Å². The molecule has 78 valence electrons. The van der Waals surface area contributed by atoms with E-state index in [-0.39, 0.29) is 6.54 Å². The average Bonchev–Trinajstić information content (AvgIpc) is 2.12. The minimum atomic E-state index is -2.14. The predicted octanol–water partition coefficient (Wildman–Crippen LogP) is -3.53. The summed E-state index contributed by atoms with van der Waals surface area (Å²) in [5.41, 5.74) is 4.94. The summed E-state index contributed by atoms with van der Waals surface area (Å²) in [7, 11) is 0. The van der Waals surface area contributed by atoms with E-state index in [9.17, 15) is 4.79 Å². The van der Waals surface area contributed by atoms with Crippen LogP contribution in [0.1, 0.15) is 0 Å². The van der Waals surface area contributed by atoms with E-state index in [1.807, 2.05) is 0 Å². The van der Waals surface area contributed by atoms with E-state index < -0.39 is 30.4 Å². The Bertz CT molecular complexity index is 175. The van der Waals surface area contributed by atoms with Crippen LogP contribution < -0.4 is 5.73 Å². The molecule has 7 nitrogen and oxygen atoms in total. The van der Waals surface area contributed by atoms with Crippen LogP contribution in [-0.2, 0) is 4.79 Å². The molecule has 0 aromatic carbocycles. The van der Waals surface area contributed by atoms with Gasteiger partial charge in [-0.3, -0.25) is 0 Å². The van der Waals surface area contributed by atoms with Crippen LogP contribution in [-0.4, -0.2) is 62.5 Å². The summed E-state index contributed by atoms with van der Waals surface area (Å²) in [4.78, 5) is 10.1. The largest absolute Gasteiger partial charge is 0.479 e. The number of aliphatic hydroxyl groups is 4. The molecule has 0 radical (unpaired) electrons. The van der Waals surface area contributed by atoms with Gasteiger partial charge in [-0.2, -0.15) is 0 Å². The normalized spacial score (nSPS) is 20.4. The van der Waals surface area contributed by atoms with Gasteiger partial charge in [-0.15, -0.1) is 0 Å². The molecule has 0 heterocycles. The quantitative estimate of drug-likeness (QED) is 0.266. The van der Waals surface area contributed by atoms with Gasteiger partial charge in [-0.1, -0.05) is 0 Å². The van der Waals surface area contributed by atoms with Crippen molar-refractivity contribution in [3.8, 4) is 0 Å². The zero-order valence-corrected chi connectivity index (χ0v) is 6.74. The standard InChI is InChI=1S/C6H13NO6/c7-1-2(8)3(9)4(10)5(11)6(12)13/h2-5,8-11H,1,7H2,(H,12,13)/t2-,3+,4+,5-/m0/s1. The number of aliphatic hydroxyl groups excluding tert-OH is 4. The van der Waals surface area contributed by atoms with Crippen molar-refractivity contribution in [1.82, 2.24) is 0 Å². The molecule has 0 aliphatic heterocycles.